The number of fused-ring (bicyclic) bond motifs is 3. The largest absolute Gasteiger partial charge is 0.480 e. The molecule has 252 valence electrons. The second kappa shape index (κ2) is 11.3. The number of aryl methyl sites for hydroxylation is 1. The van der Waals surface area contributed by atoms with Gasteiger partial charge in [-0.1, -0.05) is 18.2 Å². The molecule has 3 atom stereocenters. The highest BCUT2D eigenvalue weighted by molar-refractivity contribution is 7.92. The lowest BCUT2D eigenvalue weighted by Gasteiger charge is -2.45. The van der Waals surface area contributed by atoms with Gasteiger partial charge in [0.1, 0.15) is 10.6 Å². The van der Waals surface area contributed by atoms with Crippen LogP contribution >= 0.6 is 0 Å². The maximum Gasteiger partial charge on any atom is 0.435 e. The quantitative estimate of drug-likeness (QED) is 0.352. The molecule has 46 heavy (non-hydrogen) atoms. The molecule has 0 saturated carbocycles. The van der Waals surface area contributed by atoms with Crippen LogP contribution in [-0.2, 0) is 31.5 Å². The smallest absolute Gasteiger partial charge is 0.435 e. The molecule has 0 radical (unpaired) electrons. The minimum absolute atomic E-state index is 0.112. The number of aliphatic carboxylic acids is 1. The number of rotatable bonds is 5. The van der Waals surface area contributed by atoms with Gasteiger partial charge in [-0.25, -0.2) is 22.0 Å². The topological polar surface area (TPSA) is 98.2 Å². The zero-order chi connectivity index (χ0) is 34.0. The average molecular weight is 684 g/mol. The Kier molecular flexibility index (Phi) is 8.36. The van der Waals surface area contributed by atoms with Crippen LogP contribution in [0.3, 0.4) is 0 Å². The van der Waals surface area contributed by atoms with Gasteiger partial charge in [-0.15, -0.1) is 0 Å². The summed E-state index contributed by atoms with van der Waals surface area (Å²) in [6.07, 6.45) is -13.5. The van der Waals surface area contributed by atoms with Crippen LogP contribution < -0.4 is 0 Å². The van der Waals surface area contributed by atoms with Gasteiger partial charge in [0.05, 0.1) is 17.5 Å². The van der Waals surface area contributed by atoms with Crippen LogP contribution in [0.4, 0.5) is 39.9 Å². The molecule has 17 heteroatoms. The monoisotopic (exact) mass is 683 g/mol. The minimum Gasteiger partial charge on any atom is -0.480 e. The number of carboxylic acids is 1. The Bertz CT molecular complexity index is 1620. The zero-order valence-corrected chi connectivity index (χ0v) is 25.0. The fourth-order valence-corrected chi connectivity index (χ4v) is 9.41. The van der Waals surface area contributed by atoms with Crippen LogP contribution in [0.15, 0.2) is 47.4 Å². The van der Waals surface area contributed by atoms with E-state index in [1.54, 1.807) is 11.8 Å². The summed E-state index contributed by atoms with van der Waals surface area (Å²) in [7, 11) is -4.62. The molecule has 2 saturated heterocycles. The normalized spacial score (nSPS) is 24.5. The summed E-state index contributed by atoms with van der Waals surface area (Å²) in [6.45, 7) is 1.75. The number of benzene rings is 2. The number of piperazine rings is 1. The third-order valence-corrected chi connectivity index (χ3v) is 11.8. The molecular weight excluding hydrogens is 654 g/mol. The van der Waals surface area contributed by atoms with Crippen LogP contribution in [0.1, 0.15) is 36.5 Å². The Balaban J connectivity index is 1.60. The van der Waals surface area contributed by atoms with Crippen molar-refractivity contribution in [3.05, 3.63) is 65.0 Å². The number of carbonyl (C=O) groups excluding carboxylic acids is 1. The van der Waals surface area contributed by atoms with Gasteiger partial charge in [0.25, 0.3) is 0 Å². The number of halogens is 8. The molecule has 2 heterocycles. The predicted molar refractivity (Wildman–Crippen MR) is 146 cm³/mol. The van der Waals surface area contributed by atoms with Gasteiger partial charge in [0, 0.05) is 37.8 Å². The SMILES string of the molecule is CC1CN(C(=O)N2CC[C@@]3(S(=O)(=O)c4ccc(F)cc4)c4ccc(C(F)(C(F)(F)F)C(F)(F)F)cc4CC[C@@H]23)CCN1CC(=O)O. The Morgan fingerprint density at radius 1 is 0.957 bits per heavy atom. The summed E-state index contributed by atoms with van der Waals surface area (Å²) >= 11 is 0. The van der Waals surface area contributed by atoms with Crippen molar-refractivity contribution < 1.29 is 58.2 Å². The molecular formula is C29H29F8N3O5S. The number of urea groups is 1. The molecule has 2 aliphatic heterocycles. The number of carbonyl (C=O) groups is 2. The van der Waals surface area contributed by atoms with Crippen LogP contribution in [-0.4, -0.2) is 97.4 Å². The molecule has 2 fully saturated rings. The van der Waals surface area contributed by atoms with Crippen molar-refractivity contribution in [3.63, 3.8) is 0 Å². The van der Waals surface area contributed by atoms with Crippen LogP contribution in [0.25, 0.3) is 0 Å². The van der Waals surface area contributed by atoms with E-state index in [1.165, 1.54) is 9.80 Å². The number of sulfone groups is 1. The first kappa shape index (κ1) is 33.9. The van der Waals surface area contributed by atoms with E-state index in [0.717, 1.165) is 30.3 Å². The van der Waals surface area contributed by atoms with Gasteiger partial charge < -0.3 is 14.9 Å². The molecule has 0 bridgehead atoms. The van der Waals surface area contributed by atoms with E-state index in [4.69, 9.17) is 5.11 Å². The summed E-state index contributed by atoms with van der Waals surface area (Å²) in [6, 6.07) is 3.07. The maximum atomic E-state index is 15.0. The molecule has 1 N–H and O–H groups in total. The minimum atomic E-state index is -6.38. The van der Waals surface area contributed by atoms with Crippen molar-refractivity contribution in [1.82, 2.24) is 14.7 Å². The van der Waals surface area contributed by atoms with Crippen LogP contribution in [0, 0.1) is 5.82 Å². The highest BCUT2D eigenvalue weighted by Crippen LogP contribution is 2.56. The van der Waals surface area contributed by atoms with Gasteiger partial charge in [0.2, 0.25) is 0 Å². The number of hydrogen-bond acceptors (Lipinski definition) is 5. The van der Waals surface area contributed by atoms with E-state index in [0.29, 0.717) is 6.07 Å². The number of likely N-dealkylation sites (tertiary alicyclic amines) is 1. The highest BCUT2D eigenvalue weighted by atomic mass is 32.2. The van der Waals surface area contributed by atoms with E-state index in [-0.39, 0.29) is 80.1 Å². The lowest BCUT2D eigenvalue weighted by molar-refractivity contribution is -0.348. The van der Waals surface area contributed by atoms with Crippen molar-refractivity contribution in [1.29, 1.82) is 0 Å². The van der Waals surface area contributed by atoms with Crippen molar-refractivity contribution >= 4 is 21.8 Å². The van der Waals surface area contributed by atoms with Crippen molar-refractivity contribution in [2.24, 2.45) is 0 Å². The first-order valence-corrected chi connectivity index (χ1v) is 15.7. The van der Waals surface area contributed by atoms with Crippen LogP contribution in [0.5, 0.6) is 0 Å². The fourth-order valence-electron chi connectivity index (χ4n) is 7.04. The third-order valence-electron chi connectivity index (χ3n) is 9.29. The Labute approximate surface area is 258 Å². The highest BCUT2D eigenvalue weighted by Gasteiger charge is 2.74. The molecule has 2 aromatic rings. The Morgan fingerprint density at radius 3 is 2.15 bits per heavy atom. The van der Waals surface area contributed by atoms with Crippen molar-refractivity contribution in [3.8, 4) is 0 Å². The summed E-state index contributed by atoms with van der Waals surface area (Å²) in [4.78, 5) is 29.1. The number of alkyl halides is 7. The zero-order valence-electron chi connectivity index (χ0n) is 24.2. The molecule has 1 unspecified atom stereocenters. The summed E-state index contributed by atoms with van der Waals surface area (Å²) in [5, 5.41) is 9.16. The lowest BCUT2D eigenvalue weighted by Crippen LogP contribution is -2.59. The summed E-state index contributed by atoms with van der Waals surface area (Å²) in [5.74, 6) is -1.82. The molecule has 2 aromatic carbocycles. The van der Waals surface area contributed by atoms with Gasteiger partial charge in [-0.05, 0) is 61.6 Å². The summed E-state index contributed by atoms with van der Waals surface area (Å²) in [5.41, 5.74) is -7.90. The van der Waals surface area contributed by atoms with Crippen LogP contribution in [0.2, 0.25) is 0 Å². The maximum absolute atomic E-state index is 15.0. The van der Waals surface area contributed by atoms with Crippen molar-refractivity contribution in [2.45, 2.75) is 65.9 Å². The number of hydrogen-bond donors (Lipinski definition) is 1. The number of amides is 2. The van der Waals surface area contributed by atoms with E-state index < -0.39 is 62.0 Å². The standard InChI is InChI=1S/C29H29F8N3O5S/c1-17-15-39(13-12-38(17)16-24(41)42)25(43)40-11-10-26(46(44,45)21-6-4-20(30)5-7-21)22-8-3-19(14-18(22)2-9-23(26)40)27(31,28(32,33)34)29(35,36)37/h3-8,14,17,23H,2,9-13,15-16H2,1H3,(H,41,42)/t17?,23-,26-/m1/s1. The van der Waals surface area contributed by atoms with E-state index in [1.807, 2.05) is 0 Å². The van der Waals surface area contributed by atoms with E-state index in [2.05, 4.69) is 0 Å². The molecule has 0 spiro atoms. The Hall–Kier alpha value is -3.47. The van der Waals surface area contributed by atoms with E-state index >= 15 is 4.39 Å². The molecule has 3 aliphatic rings. The molecule has 8 nitrogen and oxygen atoms in total. The first-order valence-electron chi connectivity index (χ1n) is 14.2. The van der Waals surface area contributed by atoms with Gasteiger partial charge >= 0.3 is 30.0 Å². The first-order chi connectivity index (χ1) is 21.3. The van der Waals surface area contributed by atoms with Crippen molar-refractivity contribution in [2.75, 3.05) is 32.7 Å². The molecule has 5 rings (SSSR count). The molecule has 1 aliphatic carbocycles. The second-order valence-corrected chi connectivity index (χ2v) is 14.0. The second-order valence-electron chi connectivity index (χ2n) is 11.8. The van der Waals surface area contributed by atoms with E-state index in [9.17, 15) is 48.7 Å². The lowest BCUT2D eigenvalue weighted by atomic mass is 9.77. The summed E-state index contributed by atoms with van der Waals surface area (Å²) < 4.78 is 137. The van der Waals surface area contributed by atoms with Gasteiger partial charge in [-0.2, -0.15) is 26.3 Å². The number of carboxylic acid groups (broad SMARTS) is 1. The molecule has 2 amide bonds. The predicted octanol–water partition coefficient (Wildman–Crippen LogP) is 5.02. The van der Waals surface area contributed by atoms with Gasteiger partial charge in [0.15, 0.2) is 9.84 Å². The molecule has 0 aromatic heterocycles. The van der Waals surface area contributed by atoms with Gasteiger partial charge in [-0.3, -0.25) is 9.69 Å². The third kappa shape index (κ3) is 5.18. The average Bonchev–Trinajstić information content (AvgIpc) is 3.37. The fraction of sp³-hybridized carbons (Fsp3) is 0.517. The number of nitrogens with zero attached hydrogens (tertiary/aromatic N) is 3. The Morgan fingerprint density at radius 2 is 1.59 bits per heavy atom.